The zero-order valence-electron chi connectivity index (χ0n) is 14.5. The van der Waals surface area contributed by atoms with Gasteiger partial charge in [-0.2, -0.15) is 5.26 Å². The highest BCUT2D eigenvalue weighted by Gasteiger charge is 2.23. The molecule has 3 rings (SSSR count). The van der Waals surface area contributed by atoms with E-state index in [0.717, 1.165) is 5.82 Å². The zero-order chi connectivity index (χ0) is 18.4. The first-order valence-corrected chi connectivity index (χ1v) is 8.54. The SMILES string of the molecule is N#Cc1ccc(N2CCN(C(=O)c3cccc(OCCN)c3)CC2)nc1. The second-order valence-electron chi connectivity index (χ2n) is 5.96. The minimum Gasteiger partial charge on any atom is -0.492 e. The van der Waals surface area contributed by atoms with Crippen molar-refractivity contribution in [3.8, 4) is 11.8 Å². The molecule has 0 bridgehead atoms. The number of nitrogens with zero attached hydrogens (tertiary/aromatic N) is 4. The van der Waals surface area contributed by atoms with Crippen molar-refractivity contribution in [2.45, 2.75) is 0 Å². The Morgan fingerprint density at radius 3 is 2.69 bits per heavy atom. The van der Waals surface area contributed by atoms with Crippen LogP contribution in [0, 0.1) is 11.3 Å². The molecule has 0 unspecified atom stereocenters. The molecule has 1 saturated heterocycles. The molecule has 0 spiro atoms. The highest BCUT2D eigenvalue weighted by atomic mass is 16.5. The van der Waals surface area contributed by atoms with Gasteiger partial charge in [-0.15, -0.1) is 0 Å². The normalized spacial score (nSPS) is 14.0. The van der Waals surface area contributed by atoms with E-state index >= 15 is 0 Å². The number of benzene rings is 1. The lowest BCUT2D eigenvalue weighted by Crippen LogP contribution is -2.49. The van der Waals surface area contributed by atoms with Gasteiger partial charge >= 0.3 is 0 Å². The summed E-state index contributed by atoms with van der Waals surface area (Å²) >= 11 is 0. The van der Waals surface area contributed by atoms with Crippen LogP contribution in [0.15, 0.2) is 42.6 Å². The molecule has 1 fully saturated rings. The number of carbonyl (C=O) groups is 1. The van der Waals surface area contributed by atoms with Gasteiger partial charge in [0.15, 0.2) is 0 Å². The number of nitriles is 1. The predicted molar refractivity (Wildman–Crippen MR) is 98.1 cm³/mol. The van der Waals surface area contributed by atoms with Crippen molar-refractivity contribution in [2.24, 2.45) is 5.73 Å². The first-order chi connectivity index (χ1) is 12.7. The number of piperazine rings is 1. The molecule has 2 N–H and O–H groups in total. The van der Waals surface area contributed by atoms with Crippen LogP contribution in [0.3, 0.4) is 0 Å². The van der Waals surface area contributed by atoms with E-state index in [4.69, 9.17) is 15.7 Å². The quantitative estimate of drug-likeness (QED) is 0.871. The van der Waals surface area contributed by atoms with Crippen molar-refractivity contribution in [1.29, 1.82) is 5.26 Å². The van der Waals surface area contributed by atoms with Gasteiger partial charge < -0.3 is 20.3 Å². The highest BCUT2D eigenvalue weighted by molar-refractivity contribution is 5.94. The maximum atomic E-state index is 12.7. The Morgan fingerprint density at radius 1 is 1.23 bits per heavy atom. The van der Waals surface area contributed by atoms with Gasteiger partial charge in [0.2, 0.25) is 0 Å². The third-order valence-corrected chi connectivity index (χ3v) is 4.24. The molecule has 0 atom stereocenters. The molecule has 1 aromatic heterocycles. The molecule has 1 aliphatic rings. The minimum atomic E-state index is -0.00404. The Morgan fingerprint density at radius 2 is 2.04 bits per heavy atom. The summed E-state index contributed by atoms with van der Waals surface area (Å²) in [4.78, 5) is 21.0. The number of hydrogen-bond acceptors (Lipinski definition) is 6. The number of nitrogens with two attached hydrogens (primary N) is 1. The van der Waals surface area contributed by atoms with Crippen molar-refractivity contribution in [1.82, 2.24) is 9.88 Å². The lowest BCUT2D eigenvalue weighted by atomic mass is 10.1. The molecule has 1 aliphatic heterocycles. The fourth-order valence-electron chi connectivity index (χ4n) is 2.86. The number of aromatic nitrogens is 1. The summed E-state index contributed by atoms with van der Waals surface area (Å²) in [5.41, 5.74) is 6.60. The molecule has 0 radical (unpaired) electrons. The average Bonchev–Trinajstić information content (AvgIpc) is 2.72. The van der Waals surface area contributed by atoms with Gasteiger partial charge in [-0.3, -0.25) is 4.79 Å². The average molecular weight is 351 g/mol. The van der Waals surface area contributed by atoms with Crippen LogP contribution < -0.4 is 15.4 Å². The summed E-state index contributed by atoms with van der Waals surface area (Å²) in [7, 11) is 0. The molecule has 2 aromatic rings. The Balaban J connectivity index is 1.60. The van der Waals surface area contributed by atoms with Gasteiger partial charge in [-0.1, -0.05) is 6.07 Å². The minimum absolute atomic E-state index is 0.00404. The van der Waals surface area contributed by atoms with Crippen LogP contribution in [0.25, 0.3) is 0 Å². The Labute approximate surface area is 152 Å². The first-order valence-electron chi connectivity index (χ1n) is 8.54. The van der Waals surface area contributed by atoms with E-state index in [9.17, 15) is 4.79 Å². The van der Waals surface area contributed by atoms with E-state index in [1.54, 1.807) is 24.4 Å². The number of rotatable bonds is 5. The fraction of sp³-hybridized carbons (Fsp3) is 0.316. The van der Waals surface area contributed by atoms with E-state index in [2.05, 4.69) is 16.0 Å². The summed E-state index contributed by atoms with van der Waals surface area (Å²) in [6.45, 7) is 3.50. The van der Waals surface area contributed by atoms with Crippen molar-refractivity contribution in [3.63, 3.8) is 0 Å². The van der Waals surface area contributed by atoms with Crippen LogP contribution in [-0.4, -0.2) is 55.1 Å². The second-order valence-corrected chi connectivity index (χ2v) is 5.96. The number of amides is 1. The van der Waals surface area contributed by atoms with Gasteiger partial charge in [0.1, 0.15) is 24.2 Å². The second kappa shape index (κ2) is 8.32. The predicted octanol–water partition coefficient (Wildman–Crippen LogP) is 1.25. The molecular formula is C19H21N5O2. The van der Waals surface area contributed by atoms with Crippen LogP contribution in [0.2, 0.25) is 0 Å². The van der Waals surface area contributed by atoms with E-state index in [-0.39, 0.29) is 5.91 Å². The summed E-state index contributed by atoms with van der Waals surface area (Å²) in [5, 5.41) is 8.85. The summed E-state index contributed by atoms with van der Waals surface area (Å²) < 4.78 is 5.49. The molecular weight excluding hydrogens is 330 g/mol. The van der Waals surface area contributed by atoms with Gasteiger partial charge in [0, 0.05) is 44.5 Å². The lowest BCUT2D eigenvalue weighted by molar-refractivity contribution is 0.0746. The van der Waals surface area contributed by atoms with Crippen molar-refractivity contribution < 1.29 is 9.53 Å². The van der Waals surface area contributed by atoms with E-state index in [1.807, 2.05) is 23.1 Å². The van der Waals surface area contributed by atoms with E-state index in [0.29, 0.717) is 56.2 Å². The van der Waals surface area contributed by atoms with Crippen LogP contribution >= 0.6 is 0 Å². The molecule has 7 heteroatoms. The first kappa shape index (κ1) is 17.7. The fourth-order valence-corrected chi connectivity index (χ4v) is 2.86. The zero-order valence-corrected chi connectivity index (χ0v) is 14.5. The number of ether oxygens (including phenoxy) is 1. The van der Waals surface area contributed by atoms with Crippen molar-refractivity contribution in [2.75, 3.05) is 44.2 Å². The molecule has 134 valence electrons. The maximum absolute atomic E-state index is 12.7. The number of hydrogen-bond donors (Lipinski definition) is 1. The number of anilines is 1. The molecule has 1 amide bonds. The maximum Gasteiger partial charge on any atom is 0.254 e. The monoisotopic (exact) mass is 351 g/mol. The van der Waals surface area contributed by atoms with Crippen LogP contribution in [0.1, 0.15) is 15.9 Å². The standard InChI is InChI=1S/C19H21N5O2/c20-6-11-26-17-3-1-2-16(12-17)19(25)24-9-7-23(8-10-24)18-5-4-15(13-21)14-22-18/h1-5,12,14H,6-11,20H2. The smallest absolute Gasteiger partial charge is 0.254 e. The van der Waals surface area contributed by atoms with Crippen molar-refractivity contribution >= 4 is 11.7 Å². The topological polar surface area (TPSA) is 95.5 Å². The number of pyridine rings is 1. The van der Waals surface area contributed by atoms with Gasteiger partial charge in [-0.25, -0.2) is 4.98 Å². The number of carbonyl (C=O) groups excluding carboxylic acids is 1. The largest absolute Gasteiger partial charge is 0.492 e. The highest BCUT2D eigenvalue weighted by Crippen LogP contribution is 2.18. The molecule has 0 aliphatic carbocycles. The van der Waals surface area contributed by atoms with Crippen LogP contribution in [0.5, 0.6) is 5.75 Å². The molecule has 2 heterocycles. The Hall–Kier alpha value is -3.11. The van der Waals surface area contributed by atoms with Crippen molar-refractivity contribution in [3.05, 3.63) is 53.7 Å². The summed E-state index contributed by atoms with van der Waals surface area (Å²) in [5.74, 6) is 1.48. The molecule has 1 aromatic carbocycles. The third kappa shape index (κ3) is 4.10. The van der Waals surface area contributed by atoms with Crippen LogP contribution in [-0.2, 0) is 0 Å². The molecule has 26 heavy (non-hydrogen) atoms. The van der Waals surface area contributed by atoms with Crippen LogP contribution in [0.4, 0.5) is 5.82 Å². The third-order valence-electron chi connectivity index (χ3n) is 4.24. The summed E-state index contributed by atoms with van der Waals surface area (Å²) in [6, 6.07) is 12.9. The van der Waals surface area contributed by atoms with Gasteiger partial charge in [-0.05, 0) is 30.3 Å². The Kier molecular flexibility index (Phi) is 5.66. The van der Waals surface area contributed by atoms with Gasteiger partial charge in [0.05, 0.1) is 5.56 Å². The Bertz CT molecular complexity index is 792. The molecule has 7 nitrogen and oxygen atoms in total. The van der Waals surface area contributed by atoms with E-state index in [1.165, 1.54) is 0 Å². The molecule has 0 saturated carbocycles. The van der Waals surface area contributed by atoms with Gasteiger partial charge in [0.25, 0.3) is 5.91 Å². The summed E-state index contributed by atoms with van der Waals surface area (Å²) in [6.07, 6.45) is 1.57. The lowest BCUT2D eigenvalue weighted by Gasteiger charge is -2.35. The van der Waals surface area contributed by atoms with E-state index < -0.39 is 0 Å².